The minimum absolute atomic E-state index is 0.0483. The number of carbonyl (C=O) groups excluding carboxylic acids is 2. The predicted octanol–water partition coefficient (Wildman–Crippen LogP) is 2.03. The molecule has 0 atom stereocenters. The van der Waals surface area contributed by atoms with E-state index in [4.69, 9.17) is 0 Å². The van der Waals surface area contributed by atoms with Crippen LogP contribution in [0.3, 0.4) is 0 Å². The van der Waals surface area contributed by atoms with Crippen molar-refractivity contribution in [3.8, 4) is 11.8 Å². The van der Waals surface area contributed by atoms with Crippen molar-refractivity contribution in [3.63, 3.8) is 0 Å². The third-order valence-electron chi connectivity index (χ3n) is 2.15. The number of esters is 1. The highest BCUT2D eigenvalue weighted by Gasteiger charge is 2.05. The number of hydrogen-bond donors (Lipinski definition) is 0. The van der Waals surface area contributed by atoms with Crippen LogP contribution in [0.1, 0.15) is 18.1 Å². The van der Waals surface area contributed by atoms with E-state index in [9.17, 15) is 9.59 Å². The number of rotatable bonds is 3. The third kappa shape index (κ3) is 5.07. The Hall–Kier alpha value is -1.73. The van der Waals surface area contributed by atoms with Crippen molar-refractivity contribution in [2.75, 3.05) is 12.9 Å². The summed E-state index contributed by atoms with van der Waals surface area (Å²) in [5.74, 6) is 6.04. The molecule has 0 radical (unpaired) electrons. The quantitative estimate of drug-likeness (QED) is 0.617. The van der Waals surface area contributed by atoms with E-state index >= 15 is 0 Å². The fraction of sp³-hybridized carbons (Fsp3) is 0.286. The van der Waals surface area contributed by atoms with Crippen LogP contribution in [0.2, 0.25) is 0 Å². The van der Waals surface area contributed by atoms with Crippen LogP contribution in [0.25, 0.3) is 0 Å². The number of thioether (sulfide) groups is 1. The standard InChI is InChI=1S/C14H14O3S/c1-11(15)18-9-5-8-12-6-3-4-7-13(12)10-14(16)17-2/h3-4,6-7H,9-10H2,1-2H3. The molecule has 1 aromatic rings. The molecule has 0 heterocycles. The Labute approximate surface area is 111 Å². The second-order valence-corrected chi connectivity index (χ2v) is 4.64. The van der Waals surface area contributed by atoms with Gasteiger partial charge in [-0.15, -0.1) is 0 Å². The van der Waals surface area contributed by atoms with Gasteiger partial charge in [0.05, 0.1) is 19.3 Å². The van der Waals surface area contributed by atoms with Crippen molar-refractivity contribution >= 4 is 22.8 Å². The van der Waals surface area contributed by atoms with Gasteiger partial charge in [-0.05, 0) is 11.6 Å². The first kappa shape index (κ1) is 14.3. The fourth-order valence-corrected chi connectivity index (χ4v) is 1.64. The number of carbonyl (C=O) groups is 2. The average molecular weight is 262 g/mol. The van der Waals surface area contributed by atoms with Crippen LogP contribution in [0.15, 0.2) is 24.3 Å². The summed E-state index contributed by atoms with van der Waals surface area (Å²) in [5, 5.41) is 0.0483. The van der Waals surface area contributed by atoms with Crippen molar-refractivity contribution in [1.29, 1.82) is 0 Å². The van der Waals surface area contributed by atoms with Crippen molar-refractivity contribution in [2.45, 2.75) is 13.3 Å². The Morgan fingerprint density at radius 2 is 2.06 bits per heavy atom. The minimum Gasteiger partial charge on any atom is -0.469 e. The molecule has 1 rings (SSSR count). The van der Waals surface area contributed by atoms with Crippen molar-refractivity contribution in [3.05, 3.63) is 35.4 Å². The van der Waals surface area contributed by atoms with Gasteiger partial charge in [0.15, 0.2) is 5.12 Å². The Bertz CT molecular complexity index is 497. The first-order chi connectivity index (χ1) is 8.63. The van der Waals surface area contributed by atoms with Gasteiger partial charge < -0.3 is 4.74 Å². The van der Waals surface area contributed by atoms with Gasteiger partial charge >= 0.3 is 5.97 Å². The van der Waals surface area contributed by atoms with Crippen LogP contribution in [0.4, 0.5) is 0 Å². The first-order valence-corrected chi connectivity index (χ1v) is 6.39. The summed E-state index contributed by atoms with van der Waals surface area (Å²) in [7, 11) is 1.36. The maximum Gasteiger partial charge on any atom is 0.310 e. The van der Waals surface area contributed by atoms with Crippen molar-refractivity contribution < 1.29 is 14.3 Å². The Kier molecular flexibility index (Phi) is 6.03. The number of benzene rings is 1. The molecule has 0 bridgehead atoms. The molecule has 4 heteroatoms. The maximum atomic E-state index is 11.2. The Morgan fingerprint density at radius 3 is 2.72 bits per heavy atom. The molecule has 3 nitrogen and oxygen atoms in total. The lowest BCUT2D eigenvalue weighted by Crippen LogP contribution is -2.05. The van der Waals surface area contributed by atoms with Crippen LogP contribution in [-0.4, -0.2) is 23.9 Å². The van der Waals surface area contributed by atoms with Crippen molar-refractivity contribution in [2.24, 2.45) is 0 Å². The van der Waals surface area contributed by atoms with E-state index in [-0.39, 0.29) is 17.5 Å². The van der Waals surface area contributed by atoms with Crippen LogP contribution in [-0.2, 0) is 20.7 Å². The van der Waals surface area contributed by atoms with E-state index in [1.165, 1.54) is 25.8 Å². The lowest BCUT2D eigenvalue weighted by atomic mass is 10.1. The Balaban J connectivity index is 2.75. The van der Waals surface area contributed by atoms with Crippen LogP contribution < -0.4 is 0 Å². The molecule has 0 aliphatic rings. The molecule has 0 fully saturated rings. The summed E-state index contributed by atoms with van der Waals surface area (Å²) >= 11 is 1.17. The second kappa shape index (κ2) is 7.57. The highest BCUT2D eigenvalue weighted by molar-refractivity contribution is 8.13. The normalized spacial score (nSPS) is 9.22. The summed E-state index contributed by atoms with van der Waals surface area (Å²) < 4.78 is 4.63. The van der Waals surface area contributed by atoms with E-state index in [1.807, 2.05) is 24.3 Å². The van der Waals surface area contributed by atoms with E-state index in [2.05, 4.69) is 16.6 Å². The SMILES string of the molecule is COC(=O)Cc1ccccc1C#CCSC(C)=O. The largest absolute Gasteiger partial charge is 0.469 e. The summed E-state index contributed by atoms with van der Waals surface area (Å²) in [4.78, 5) is 22.0. The highest BCUT2D eigenvalue weighted by Crippen LogP contribution is 2.09. The molecule has 0 unspecified atom stereocenters. The molecular formula is C14H14O3S. The van der Waals surface area contributed by atoms with Gasteiger partial charge in [0, 0.05) is 12.5 Å². The molecule has 0 saturated heterocycles. The molecule has 0 N–H and O–H groups in total. The summed E-state index contributed by atoms with van der Waals surface area (Å²) in [6, 6.07) is 7.42. The zero-order chi connectivity index (χ0) is 13.4. The van der Waals surface area contributed by atoms with Gasteiger partial charge in [-0.1, -0.05) is 41.8 Å². The average Bonchev–Trinajstić information content (AvgIpc) is 2.36. The van der Waals surface area contributed by atoms with Crippen LogP contribution >= 0.6 is 11.8 Å². The zero-order valence-corrected chi connectivity index (χ0v) is 11.2. The molecule has 0 saturated carbocycles. The van der Waals surface area contributed by atoms with Gasteiger partial charge in [0.1, 0.15) is 0 Å². The lowest BCUT2D eigenvalue weighted by Gasteiger charge is -2.02. The van der Waals surface area contributed by atoms with Gasteiger partial charge in [-0.3, -0.25) is 9.59 Å². The van der Waals surface area contributed by atoms with E-state index in [1.54, 1.807) is 0 Å². The molecule has 0 spiro atoms. The van der Waals surface area contributed by atoms with Crippen LogP contribution in [0.5, 0.6) is 0 Å². The number of hydrogen-bond acceptors (Lipinski definition) is 4. The molecule has 94 valence electrons. The third-order valence-corrected chi connectivity index (χ3v) is 2.85. The topological polar surface area (TPSA) is 43.4 Å². The fourth-order valence-electron chi connectivity index (χ4n) is 1.29. The number of methoxy groups -OCH3 is 1. The summed E-state index contributed by atoms with van der Waals surface area (Å²) in [6.45, 7) is 1.51. The van der Waals surface area contributed by atoms with Gasteiger partial charge in [-0.2, -0.15) is 0 Å². The molecular weight excluding hydrogens is 248 g/mol. The summed E-state index contributed by atoms with van der Waals surface area (Å²) in [5.41, 5.74) is 1.64. The summed E-state index contributed by atoms with van der Waals surface area (Å²) in [6.07, 6.45) is 0.210. The molecule has 0 aliphatic heterocycles. The van der Waals surface area contributed by atoms with Gasteiger partial charge in [0.2, 0.25) is 0 Å². The van der Waals surface area contributed by atoms with E-state index in [0.717, 1.165) is 11.1 Å². The minimum atomic E-state index is -0.289. The number of ether oxygens (including phenoxy) is 1. The zero-order valence-electron chi connectivity index (χ0n) is 10.4. The van der Waals surface area contributed by atoms with Crippen LogP contribution in [0, 0.1) is 11.8 Å². The first-order valence-electron chi connectivity index (χ1n) is 5.40. The lowest BCUT2D eigenvalue weighted by molar-refractivity contribution is -0.139. The Morgan fingerprint density at radius 1 is 1.33 bits per heavy atom. The smallest absolute Gasteiger partial charge is 0.310 e. The van der Waals surface area contributed by atoms with Gasteiger partial charge in [0.25, 0.3) is 0 Å². The molecule has 0 aromatic heterocycles. The predicted molar refractivity (Wildman–Crippen MR) is 72.2 cm³/mol. The monoisotopic (exact) mass is 262 g/mol. The van der Waals surface area contributed by atoms with Gasteiger partial charge in [-0.25, -0.2) is 0 Å². The van der Waals surface area contributed by atoms with Crippen molar-refractivity contribution in [1.82, 2.24) is 0 Å². The van der Waals surface area contributed by atoms with E-state index < -0.39 is 0 Å². The molecule has 0 amide bonds. The molecule has 18 heavy (non-hydrogen) atoms. The molecule has 0 aliphatic carbocycles. The molecule has 1 aromatic carbocycles. The van der Waals surface area contributed by atoms with E-state index in [0.29, 0.717) is 5.75 Å². The second-order valence-electron chi connectivity index (χ2n) is 3.49. The highest BCUT2D eigenvalue weighted by atomic mass is 32.2. The maximum absolute atomic E-state index is 11.2.